The molecule has 1 heterocycles. The first-order valence-corrected chi connectivity index (χ1v) is 12.8. The van der Waals surface area contributed by atoms with Crippen molar-refractivity contribution in [3.63, 3.8) is 0 Å². The zero-order chi connectivity index (χ0) is 23.4. The van der Waals surface area contributed by atoms with E-state index in [1.54, 1.807) is 6.92 Å². The van der Waals surface area contributed by atoms with E-state index in [0.717, 1.165) is 0 Å². The Hall–Kier alpha value is -2.67. The van der Waals surface area contributed by atoms with Gasteiger partial charge in [-0.2, -0.15) is 4.31 Å². The van der Waals surface area contributed by atoms with Crippen LogP contribution in [0.15, 0.2) is 52.3 Å². The molecule has 0 radical (unpaired) electrons. The molecular weight excluding hydrogens is 458 g/mol. The fraction of sp³-hybridized carbons (Fsp3) is 0.350. The standard InChI is InChI=1S/C20H25N3O7S2/c1-3-21-20(24)18-14-17(8-9-19(18)29-2)31(25,26)22-15-4-6-16(7-5-15)32(27,28)23-10-12-30-13-11-23/h4-9,14,22H,3,10-13H2,1-2H3,(H,21,24). The van der Waals surface area contributed by atoms with Crippen LogP contribution in [0.4, 0.5) is 5.69 Å². The van der Waals surface area contributed by atoms with Crippen molar-refractivity contribution in [3.8, 4) is 5.75 Å². The summed E-state index contributed by atoms with van der Waals surface area (Å²) in [5.74, 6) is -0.216. The number of nitrogens with one attached hydrogen (secondary N) is 2. The zero-order valence-electron chi connectivity index (χ0n) is 17.7. The topological polar surface area (TPSA) is 131 Å². The van der Waals surface area contributed by atoms with Gasteiger partial charge in [0.05, 0.1) is 35.7 Å². The number of nitrogens with zero attached hydrogens (tertiary/aromatic N) is 1. The van der Waals surface area contributed by atoms with E-state index in [2.05, 4.69) is 10.0 Å². The predicted molar refractivity (Wildman–Crippen MR) is 118 cm³/mol. The predicted octanol–water partition coefficient (Wildman–Crippen LogP) is 1.27. The van der Waals surface area contributed by atoms with Crippen LogP contribution in [-0.4, -0.2) is 67.0 Å². The third kappa shape index (κ3) is 5.21. The molecule has 0 spiro atoms. The molecular formula is C20H25N3O7S2. The fourth-order valence-corrected chi connectivity index (χ4v) is 5.62. The van der Waals surface area contributed by atoms with E-state index in [1.807, 2.05) is 0 Å². The number of sulfonamides is 2. The summed E-state index contributed by atoms with van der Waals surface area (Å²) >= 11 is 0. The minimum absolute atomic E-state index is 0.0605. The van der Waals surface area contributed by atoms with Crippen LogP contribution in [0.1, 0.15) is 17.3 Å². The minimum Gasteiger partial charge on any atom is -0.496 e. The number of hydrogen-bond acceptors (Lipinski definition) is 7. The quantitative estimate of drug-likeness (QED) is 0.578. The van der Waals surface area contributed by atoms with Gasteiger partial charge in [-0.15, -0.1) is 0 Å². The van der Waals surface area contributed by atoms with Gasteiger partial charge in [0, 0.05) is 25.3 Å². The number of amides is 1. The molecule has 0 saturated carbocycles. The van der Waals surface area contributed by atoms with Gasteiger partial charge in [0.25, 0.3) is 15.9 Å². The number of benzene rings is 2. The molecule has 174 valence electrons. The number of rotatable bonds is 8. The van der Waals surface area contributed by atoms with Gasteiger partial charge in [-0.3, -0.25) is 9.52 Å². The smallest absolute Gasteiger partial charge is 0.261 e. The molecule has 0 atom stereocenters. The Bertz CT molecular complexity index is 1170. The third-order valence-corrected chi connectivity index (χ3v) is 8.07. The largest absolute Gasteiger partial charge is 0.496 e. The monoisotopic (exact) mass is 483 g/mol. The zero-order valence-corrected chi connectivity index (χ0v) is 19.3. The molecule has 12 heteroatoms. The first-order chi connectivity index (χ1) is 15.2. The normalized spacial score (nSPS) is 15.2. The number of methoxy groups -OCH3 is 1. The van der Waals surface area contributed by atoms with Crippen LogP contribution in [-0.2, 0) is 24.8 Å². The van der Waals surface area contributed by atoms with Gasteiger partial charge in [-0.05, 0) is 49.4 Å². The van der Waals surface area contributed by atoms with E-state index in [4.69, 9.17) is 9.47 Å². The lowest BCUT2D eigenvalue weighted by Crippen LogP contribution is -2.40. The number of anilines is 1. The summed E-state index contributed by atoms with van der Waals surface area (Å²) in [5.41, 5.74) is 0.269. The maximum Gasteiger partial charge on any atom is 0.261 e. The van der Waals surface area contributed by atoms with Crippen LogP contribution in [0.5, 0.6) is 5.75 Å². The highest BCUT2D eigenvalue weighted by molar-refractivity contribution is 7.92. The summed E-state index contributed by atoms with van der Waals surface area (Å²) in [4.78, 5) is 12.2. The average molecular weight is 484 g/mol. The molecule has 2 aromatic rings. The van der Waals surface area contributed by atoms with Gasteiger partial charge in [-0.1, -0.05) is 0 Å². The molecule has 0 aromatic heterocycles. The van der Waals surface area contributed by atoms with Gasteiger partial charge in [0.1, 0.15) is 5.75 Å². The number of ether oxygens (including phenoxy) is 2. The molecule has 10 nitrogen and oxygen atoms in total. The molecule has 2 aromatic carbocycles. The first kappa shape index (κ1) is 24.0. The highest BCUT2D eigenvalue weighted by Gasteiger charge is 2.26. The van der Waals surface area contributed by atoms with Crippen molar-refractivity contribution >= 4 is 31.6 Å². The van der Waals surface area contributed by atoms with Crippen LogP contribution in [0.2, 0.25) is 0 Å². The van der Waals surface area contributed by atoms with Crippen molar-refractivity contribution in [2.75, 3.05) is 44.7 Å². The Balaban J connectivity index is 1.82. The lowest BCUT2D eigenvalue weighted by Gasteiger charge is -2.26. The van der Waals surface area contributed by atoms with Crippen molar-refractivity contribution in [2.24, 2.45) is 0 Å². The molecule has 0 bridgehead atoms. The maximum atomic E-state index is 12.8. The van der Waals surface area contributed by atoms with Crippen molar-refractivity contribution in [1.29, 1.82) is 0 Å². The molecule has 3 rings (SSSR count). The summed E-state index contributed by atoms with van der Waals surface area (Å²) in [6.07, 6.45) is 0. The third-order valence-electron chi connectivity index (χ3n) is 4.78. The summed E-state index contributed by atoms with van der Waals surface area (Å²) in [6.45, 7) is 3.31. The van der Waals surface area contributed by atoms with Crippen LogP contribution in [0.3, 0.4) is 0 Å². The Morgan fingerprint density at radius 1 is 1.03 bits per heavy atom. The summed E-state index contributed by atoms with van der Waals surface area (Å²) in [6, 6.07) is 9.38. The number of carbonyl (C=O) groups is 1. The molecule has 1 aliphatic rings. The molecule has 2 N–H and O–H groups in total. The van der Waals surface area contributed by atoms with Crippen LogP contribution in [0, 0.1) is 0 Å². The molecule has 32 heavy (non-hydrogen) atoms. The Labute approximate surface area is 187 Å². The lowest BCUT2D eigenvalue weighted by molar-refractivity contribution is 0.0730. The van der Waals surface area contributed by atoms with E-state index in [-0.39, 0.29) is 39.9 Å². The van der Waals surface area contributed by atoms with Gasteiger partial charge >= 0.3 is 0 Å². The van der Waals surface area contributed by atoms with Gasteiger partial charge in [0.15, 0.2) is 0 Å². The first-order valence-electron chi connectivity index (χ1n) is 9.86. The molecule has 1 aliphatic heterocycles. The Morgan fingerprint density at radius 3 is 2.25 bits per heavy atom. The molecule has 0 unspecified atom stereocenters. The van der Waals surface area contributed by atoms with E-state index in [0.29, 0.717) is 19.8 Å². The molecule has 0 aliphatic carbocycles. The SMILES string of the molecule is CCNC(=O)c1cc(S(=O)(=O)Nc2ccc(S(=O)(=O)N3CCOCC3)cc2)ccc1OC. The van der Waals surface area contributed by atoms with Crippen molar-refractivity contribution in [2.45, 2.75) is 16.7 Å². The highest BCUT2D eigenvalue weighted by Crippen LogP contribution is 2.25. The lowest BCUT2D eigenvalue weighted by atomic mass is 10.2. The summed E-state index contributed by atoms with van der Waals surface area (Å²) in [7, 11) is -6.34. The second kappa shape index (κ2) is 9.86. The molecule has 1 amide bonds. The van der Waals surface area contributed by atoms with Gasteiger partial charge in [-0.25, -0.2) is 16.8 Å². The second-order valence-corrected chi connectivity index (χ2v) is 10.5. The summed E-state index contributed by atoms with van der Waals surface area (Å²) < 4.78 is 65.1. The average Bonchev–Trinajstić information content (AvgIpc) is 2.79. The fourth-order valence-electron chi connectivity index (χ4n) is 3.13. The van der Waals surface area contributed by atoms with Crippen LogP contribution >= 0.6 is 0 Å². The highest BCUT2D eigenvalue weighted by atomic mass is 32.2. The minimum atomic E-state index is -4.04. The Morgan fingerprint density at radius 2 is 1.66 bits per heavy atom. The summed E-state index contributed by atoms with van der Waals surface area (Å²) in [5, 5.41) is 2.61. The van der Waals surface area contributed by atoms with E-state index in [1.165, 1.54) is 53.9 Å². The van der Waals surface area contributed by atoms with E-state index < -0.39 is 26.0 Å². The van der Waals surface area contributed by atoms with E-state index >= 15 is 0 Å². The van der Waals surface area contributed by atoms with Crippen molar-refractivity contribution < 1.29 is 31.1 Å². The van der Waals surface area contributed by atoms with Gasteiger partial charge in [0.2, 0.25) is 10.0 Å². The molecule has 1 fully saturated rings. The van der Waals surface area contributed by atoms with Crippen molar-refractivity contribution in [3.05, 3.63) is 48.0 Å². The van der Waals surface area contributed by atoms with Crippen LogP contribution < -0.4 is 14.8 Å². The van der Waals surface area contributed by atoms with Crippen LogP contribution in [0.25, 0.3) is 0 Å². The maximum absolute atomic E-state index is 12.8. The van der Waals surface area contributed by atoms with Crippen molar-refractivity contribution in [1.82, 2.24) is 9.62 Å². The molecule has 1 saturated heterocycles. The number of hydrogen-bond donors (Lipinski definition) is 2. The van der Waals surface area contributed by atoms with E-state index in [9.17, 15) is 21.6 Å². The number of morpholine rings is 1. The number of carbonyl (C=O) groups excluding carboxylic acids is 1. The Kier molecular flexibility index (Phi) is 7.39. The van der Waals surface area contributed by atoms with Gasteiger partial charge < -0.3 is 14.8 Å². The second-order valence-electron chi connectivity index (χ2n) is 6.87.